The van der Waals surface area contributed by atoms with Crippen LogP contribution in [0.1, 0.15) is 32.3 Å². The highest BCUT2D eigenvalue weighted by molar-refractivity contribution is 7.21. The molecule has 1 aliphatic heterocycles. The highest BCUT2D eigenvalue weighted by Gasteiger charge is 2.24. The summed E-state index contributed by atoms with van der Waals surface area (Å²) >= 11 is 1.56. The molecule has 5 rings (SSSR count). The van der Waals surface area contributed by atoms with Gasteiger partial charge in [0.2, 0.25) is 5.78 Å². The number of allylic oxidation sites excluding steroid dienone is 4. The predicted octanol–water partition coefficient (Wildman–Crippen LogP) is 5.18. The standard InChI is InChI=1S/C26H25NO3S/c1-29-21-10-11-22-23(16-21)31-26(24(22)19-4-2-3-5-19)25(28)20-8-6-18(7-9-20)17-27-12-14-30-15-13-27/h2-11,16,19H,12-15,17H2,1H3. The third-order valence-electron chi connectivity index (χ3n) is 5.95. The number of methoxy groups -OCH3 is 1. The zero-order chi connectivity index (χ0) is 21.2. The Bertz CT molecular complexity index is 1140. The average molecular weight is 432 g/mol. The van der Waals surface area contributed by atoms with Crippen LogP contribution in [-0.2, 0) is 11.3 Å². The number of benzene rings is 2. The van der Waals surface area contributed by atoms with Gasteiger partial charge in [-0.05, 0) is 34.7 Å². The number of hydrogen-bond donors (Lipinski definition) is 0. The van der Waals surface area contributed by atoms with Gasteiger partial charge in [0, 0.05) is 35.8 Å². The zero-order valence-electron chi connectivity index (χ0n) is 17.5. The smallest absolute Gasteiger partial charge is 0.203 e. The fourth-order valence-corrected chi connectivity index (χ4v) is 5.51. The van der Waals surface area contributed by atoms with E-state index in [-0.39, 0.29) is 11.7 Å². The Morgan fingerprint density at radius 2 is 1.84 bits per heavy atom. The van der Waals surface area contributed by atoms with Gasteiger partial charge < -0.3 is 9.47 Å². The number of thiophene rings is 1. The van der Waals surface area contributed by atoms with Crippen LogP contribution in [-0.4, -0.2) is 44.1 Å². The van der Waals surface area contributed by atoms with Gasteiger partial charge in [0.05, 0.1) is 25.2 Å². The van der Waals surface area contributed by atoms with E-state index >= 15 is 0 Å². The number of ether oxygens (including phenoxy) is 2. The molecule has 0 N–H and O–H groups in total. The van der Waals surface area contributed by atoms with Crippen LogP contribution in [0.25, 0.3) is 10.1 Å². The highest BCUT2D eigenvalue weighted by atomic mass is 32.1. The number of nitrogens with zero attached hydrogens (tertiary/aromatic N) is 1. The maximum absolute atomic E-state index is 13.6. The summed E-state index contributed by atoms with van der Waals surface area (Å²) < 4.78 is 11.9. The molecule has 0 spiro atoms. The molecule has 1 fully saturated rings. The van der Waals surface area contributed by atoms with Crippen LogP contribution in [0.2, 0.25) is 0 Å². The number of rotatable bonds is 6. The largest absolute Gasteiger partial charge is 0.497 e. The van der Waals surface area contributed by atoms with E-state index in [1.807, 2.05) is 36.4 Å². The van der Waals surface area contributed by atoms with Crippen molar-refractivity contribution in [2.24, 2.45) is 0 Å². The topological polar surface area (TPSA) is 38.8 Å². The molecule has 1 aliphatic carbocycles. The van der Waals surface area contributed by atoms with Crippen LogP contribution >= 0.6 is 11.3 Å². The molecule has 2 heterocycles. The van der Waals surface area contributed by atoms with E-state index in [9.17, 15) is 4.79 Å². The summed E-state index contributed by atoms with van der Waals surface area (Å²) in [5, 5.41) is 1.12. The molecule has 4 nitrogen and oxygen atoms in total. The van der Waals surface area contributed by atoms with Crippen molar-refractivity contribution in [1.82, 2.24) is 4.90 Å². The van der Waals surface area contributed by atoms with E-state index in [0.29, 0.717) is 0 Å². The Morgan fingerprint density at radius 1 is 1.10 bits per heavy atom. The minimum absolute atomic E-state index is 0.0850. The second kappa shape index (κ2) is 8.79. The number of ketones is 1. The molecule has 2 aromatic carbocycles. The quantitative estimate of drug-likeness (QED) is 0.504. The van der Waals surface area contributed by atoms with Crippen molar-refractivity contribution in [3.63, 3.8) is 0 Å². The Morgan fingerprint density at radius 3 is 2.55 bits per heavy atom. The van der Waals surface area contributed by atoms with Crippen LogP contribution in [0.15, 0.2) is 66.8 Å². The number of carbonyl (C=O) groups is 1. The van der Waals surface area contributed by atoms with Crippen LogP contribution in [0.4, 0.5) is 0 Å². The van der Waals surface area contributed by atoms with E-state index in [0.717, 1.165) is 64.7 Å². The monoisotopic (exact) mass is 431 g/mol. The summed E-state index contributed by atoms with van der Waals surface area (Å²) in [5.41, 5.74) is 3.05. The first kappa shape index (κ1) is 20.2. The third kappa shape index (κ3) is 4.09. The van der Waals surface area contributed by atoms with Gasteiger partial charge in [0.1, 0.15) is 5.75 Å². The molecule has 0 saturated carbocycles. The van der Waals surface area contributed by atoms with Crippen molar-refractivity contribution >= 4 is 27.2 Å². The summed E-state index contributed by atoms with van der Waals surface area (Å²) in [6.07, 6.45) is 8.39. The van der Waals surface area contributed by atoms with Crippen LogP contribution in [0.3, 0.4) is 0 Å². The lowest BCUT2D eigenvalue weighted by Crippen LogP contribution is -2.35. The van der Waals surface area contributed by atoms with Gasteiger partial charge in [-0.2, -0.15) is 0 Å². The summed E-state index contributed by atoms with van der Waals surface area (Å²) in [5.74, 6) is 1.02. The molecule has 3 aromatic rings. The summed E-state index contributed by atoms with van der Waals surface area (Å²) in [6, 6.07) is 14.1. The van der Waals surface area contributed by atoms with E-state index in [1.165, 1.54) is 5.56 Å². The normalized spacial score (nSPS) is 16.9. The predicted molar refractivity (Wildman–Crippen MR) is 125 cm³/mol. The van der Waals surface area contributed by atoms with E-state index in [1.54, 1.807) is 18.4 Å². The molecular weight excluding hydrogens is 406 g/mol. The molecule has 0 amide bonds. The number of morpholine rings is 1. The molecule has 1 aromatic heterocycles. The molecule has 0 radical (unpaired) electrons. The second-order valence-corrected chi connectivity index (χ2v) is 8.97. The first-order valence-electron chi connectivity index (χ1n) is 10.6. The molecule has 31 heavy (non-hydrogen) atoms. The third-order valence-corrected chi connectivity index (χ3v) is 7.12. The fourth-order valence-electron chi connectivity index (χ4n) is 4.26. The van der Waals surface area contributed by atoms with Crippen LogP contribution in [0.5, 0.6) is 5.75 Å². The van der Waals surface area contributed by atoms with Gasteiger partial charge in [-0.15, -0.1) is 11.3 Å². The Kier molecular flexibility index (Phi) is 5.72. The summed E-state index contributed by atoms with van der Waals surface area (Å²) in [6.45, 7) is 4.39. The molecular formula is C26H25NO3S. The average Bonchev–Trinajstić information content (AvgIpc) is 3.47. The number of fused-ring (bicyclic) bond motifs is 1. The van der Waals surface area contributed by atoms with E-state index in [2.05, 4.69) is 35.3 Å². The molecule has 0 bridgehead atoms. The number of carbonyl (C=O) groups excluding carboxylic acids is 1. The van der Waals surface area contributed by atoms with Crippen molar-refractivity contribution in [3.8, 4) is 5.75 Å². The van der Waals surface area contributed by atoms with E-state index in [4.69, 9.17) is 9.47 Å². The highest BCUT2D eigenvalue weighted by Crippen LogP contribution is 2.41. The van der Waals surface area contributed by atoms with E-state index < -0.39 is 0 Å². The second-order valence-electron chi connectivity index (χ2n) is 7.92. The van der Waals surface area contributed by atoms with Crippen molar-refractivity contribution in [2.45, 2.75) is 12.5 Å². The zero-order valence-corrected chi connectivity index (χ0v) is 18.4. The maximum atomic E-state index is 13.6. The van der Waals surface area contributed by atoms with Crippen LogP contribution in [0, 0.1) is 0 Å². The van der Waals surface area contributed by atoms with Crippen molar-refractivity contribution in [3.05, 3.63) is 88.3 Å². The molecule has 158 valence electrons. The minimum Gasteiger partial charge on any atom is -0.497 e. The first-order valence-corrected chi connectivity index (χ1v) is 11.4. The van der Waals surface area contributed by atoms with Gasteiger partial charge in [-0.1, -0.05) is 48.6 Å². The minimum atomic E-state index is 0.0850. The lowest BCUT2D eigenvalue weighted by molar-refractivity contribution is 0.0342. The van der Waals surface area contributed by atoms with Gasteiger partial charge in [0.25, 0.3) is 0 Å². The lowest BCUT2D eigenvalue weighted by atomic mass is 9.94. The fraction of sp³-hybridized carbons (Fsp3) is 0.269. The van der Waals surface area contributed by atoms with Crippen molar-refractivity contribution in [2.75, 3.05) is 33.4 Å². The molecule has 1 saturated heterocycles. The van der Waals surface area contributed by atoms with Gasteiger partial charge in [-0.3, -0.25) is 9.69 Å². The Hall–Kier alpha value is -2.73. The van der Waals surface area contributed by atoms with Crippen molar-refractivity contribution in [1.29, 1.82) is 0 Å². The van der Waals surface area contributed by atoms with Crippen molar-refractivity contribution < 1.29 is 14.3 Å². The first-order chi connectivity index (χ1) is 15.2. The van der Waals surface area contributed by atoms with Gasteiger partial charge in [0.15, 0.2) is 0 Å². The summed E-state index contributed by atoms with van der Waals surface area (Å²) in [4.78, 5) is 16.7. The Labute approximate surface area is 186 Å². The Balaban J connectivity index is 1.46. The SMILES string of the molecule is COc1ccc2c(C3C=CC=C3)c(C(=O)c3ccc(CN4CCOCC4)cc3)sc2c1. The summed E-state index contributed by atoms with van der Waals surface area (Å²) in [7, 11) is 1.67. The molecule has 2 aliphatic rings. The molecule has 0 atom stereocenters. The van der Waals surface area contributed by atoms with Gasteiger partial charge >= 0.3 is 0 Å². The van der Waals surface area contributed by atoms with Gasteiger partial charge in [-0.25, -0.2) is 0 Å². The molecule has 0 unspecified atom stereocenters. The molecule has 5 heteroatoms. The van der Waals surface area contributed by atoms with Crippen LogP contribution < -0.4 is 4.74 Å². The number of hydrogen-bond acceptors (Lipinski definition) is 5. The lowest BCUT2D eigenvalue weighted by Gasteiger charge is -2.26. The maximum Gasteiger partial charge on any atom is 0.203 e.